The minimum Gasteiger partial charge on any atom is -0.478 e. The van der Waals surface area contributed by atoms with Crippen molar-refractivity contribution in [3.63, 3.8) is 0 Å². The van der Waals surface area contributed by atoms with Gasteiger partial charge < -0.3 is 20.1 Å². The lowest BCUT2D eigenvalue weighted by Gasteiger charge is -2.36. The van der Waals surface area contributed by atoms with E-state index in [4.69, 9.17) is 4.74 Å². The maximum absolute atomic E-state index is 12.3. The van der Waals surface area contributed by atoms with Gasteiger partial charge in [-0.1, -0.05) is 13.3 Å². The van der Waals surface area contributed by atoms with Gasteiger partial charge in [-0.3, -0.25) is 9.69 Å². The van der Waals surface area contributed by atoms with Crippen LogP contribution in [-0.2, 0) is 9.53 Å². The molecule has 30 heavy (non-hydrogen) atoms. The predicted molar refractivity (Wildman–Crippen MR) is 118 cm³/mol. The maximum atomic E-state index is 12.3. The Labute approximate surface area is 179 Å². The number of carbonyl (C=O) groups excluding carboxylic acids is 1. The van der Waals surface area contributed by atoms with Crippen molar-refractivity contribution in [3.8, 4) is 0 Å². The number of anilines is 2. The third-order valence-electron chi connectivity index (χ3n) is 6.19. The minimum absolute atomic E-state index is 0.0546. The van der Waals surface area contributed by atoms with E-state index in [1.807, 2.05) is 13.0 Å². The van der Waals surface area contributed by atoms with E-state index in [0.717, 1.165) is 77.3 Å². The van der Waals surface area contributed by atoms with Gasteiger partial charge in [-0.25, -0.2) is 4.79 Å². The summed E-state index contributed by atoms with van der Waals surface area (Å²) >= 11 is 0. The topological polar surface area (TPSA) is 82.1 Å². The highest BCUT2D eigenvalue weighted by Crippen LogP contribution is 2.32. The van der Waals surface area contributed by atoms with Crippen molar-refractivity contribution in [1.82, 2.24) is 4.90 Å². The van der Waals surface area contributed by atoms with Crippen LogP contribution in [0, 0.1) is 5.92 Å². The summed E-state index contributed by atoms with van der Waals surface area (Å²) in [5, 5.41) is 12.3. The lowest BCUT2D eigenvalue weighted by atomic mass is 9.92. The van der Waals surface area contributed by atoms with Crippen molar-refractivity contribution < 1.29 is 19.4 Å². The fourth-order valence-electron chi connectivity index (χ4n) is 4.25. The molecule has 0 saturated carbocycles. The van der Waals surface area contributed by atoms with Gasteiger partial charge in [0.2, 0.25) is 5.91 Å². The third kappa shape index (κ3) is 6.44. The molecule has 0 spiro atoms. The van der Waals surface area contributed by atoms with Crippen LogP contribution in [0.25, 0.3) is 0 Å². The Hall–Kier alpha value is -2.12. The molecular weight excluding hydrogens is 382 g/mol. The first kappa shape index (κ1) is 22.6. The Balaban J connectivity index is 1.59. The van der Waals surface area contributed by atoms with Crippen molar-refractivity contribution in [2.75, 3.05) is 56.2 Å². The Kier molecular flexibility index (Phi) is 8.51. The normalized spacial score (nSPS) is 18.4. The number of carboxylic acid groups (broad SMARTS) is 1. The molecule has 2 fully saturated rings. The molecule has 2 saturated heterocycles. The van der Waals surface area contributed by atoms with Crippen molar-refractivity contribution in [2.24, 2.45) is 5.92 Å². The molecule has 1 aromatic rings. The highest BCUT2D eigenvalue weighted by atomic mass is 16.5. The fourth-order valence-corrected chi connectivity index (χ4v) is 4.25. The smallest absolute Gasteiger partial charge is 0.335 e. The number of carboxylic acids is 1. The molecule has 0 radical (unpaired) electrons. The van der Waals surface area contributed by atoms with Gasteiger partial charge in [0.15, 0.2) is 0 Å². The molecular formula is C23H35N3O4. The number of ether oxygens (including phenoxy) is 1. The molecule has 166 valence electrons. The molecule has 0 unspecified atom stereocenters. The van der Waals surface area contributed by atoms with Crippen molar-refractivity contribution in [3.05, 3.63) is 23.8 Å². The summed E-state index contributed by atoms with van der Waals surface area (Å²) in [4.78, 5) is 28.5. The molecule has 3 rings (SSSR count). The Bertz CT molecular complexity index is 710. The van der Waals surface area contributed by atoms with Gasteiger partial charge in [-0.15, -0.1) is 0 Å². The first-order valence-electron chi connectivity index (χ1n) is 11.3. The van der Waals surface area contributed by atoms with Gasteiger partial charge in [0.1, 0.15) is 0 Å². The molecule has 0 aromatic heterocycles. The van der Waals surface area contributed by atoms with Crippen LogP contribution in [0.2, 0.25) is 0 Å². The molecule has 0 bridgehead atoms. The molecule has 2 N–H and O–H groups in total. The average molecular weight is 418 g/mol. The van der Waals surface area contributed by atoms with E-state index in [1.54, 1.807) is 12.1 Å². The monoisotopic (exact) mass is 417 g/mol. The largest absolute Gasteiger partial charge is 0.478 e. The number of hydrogen-bond acceptors (Lipinski definition) is 5. The average Bonchev–Trinajstić information content (AvgIpc) is 2.77. The summed E-state index contributed by atoms with van der Waals surface area (Å²) in [6.45, 7) is 8.81. The standard InChI is InChI=1S/C23H35N3O4/c1-2-3-4-22(27)24-20-17-19(23(28)29)5-6-21(20)26-11-8-18(9-12-26)7-10-25-13-15-30-16-14-25/h5-6,17-18H,2-4,7-16H2,1H3,(H,24,27)(H,28,29). The van der Waals surface area contributed by atoms with E-state index in [9.17, 15) is 14.7 Å². The van der Waals surface area contributed by atoms with Gasteiger partial charge in [-0.2, -0.15) is 0 Å². The summed E-state index contributed by atoms with van der Waals surface area (Å²) < 4.78 is 5.42. The number of nitrogens with zero attached hydrogens (tertiary/aromatic N) is 2. The van der Waals surface area contributed by atoms with Crippen LogP contribution in [0.15, 0.2) is 18.2 Å². The second-order valence-corrected chi connectivity index (χ2v) is 8.36. The maximum Gasteiger partial charge on any atom is 0.335 e. The highest BCUT2D eigenvalue weighted by molar-refractivity contribution is 5.97. The Morgan fingerprint density at radius 2 is 1.90 bits per heavy atom. The molecule has 1 amide bonds. The fraction of sp³-hybridized carbons (Fsp3) is 0.652. The number of benzene rings is 1. The number of aromatic carboxylic acids is 1. The zero-order valence-electron chi connectivity index (χ0n) is 18.1. The molecule has 7 heteroatoms. The van der Waals surface area contributed by atoms with E-state index in [0.29, 0.717) is 18.0 Å². The minimum atomic E-state index is -0.979. The summed E-state index contributed by atoms with van der Waals surface area (Å²) in [5.41, 5.74) is 1.74. The van der Waals surface area contributed by atoms with Gasteiger partial charge in [0.25, 0.3) is 0 Å². The molecule has 2 aliphatic rings. The number of piperidine rings is 1. The Morgan fingerprint density at radius 3 is 2.57 bits per heavy atom. The molecule has 2 heterocycles. The summed E-state index contributed by atoms with van der Waals surface area (Å²) in [6, 6.07) is 5.06. The second-order valence-electron chi connectivity index (χ2n) is 8.36. The van der Waals surface area contributed by atoms with Crippen LogP contribution in [0.5, 0.6) is 0 Å². The molecule has 2 aliphatic heterocycles. The lowest BCUT2D eigenvalue weighted by molar-refractivity contribution is -0.116. The van der Waals surface area contributed by atoms with E-state index in [2.05, 4.69) is 15.1 Å². The van der Waals surface area contributed by atoms with Gasteiger partial charge in [0.05, 0.1) is 30.2 Å². The molecule has 7 nitrogen and oxygen atoms in total. The quantitative estimate of drug-likeness (QED) is 0.640. The number of nitrogens with one attached hydrogen (secondary N) is 1. The first-order valence-corrected chi connectivity index (χ1v) is 11.3. The van der Waals surface area contributed by atoms with Crippen molar-refractivity contribution >= 4 is 23.3 Å². The van der Waals surface area contributed by atoms with Crippen LogP contribution in [0.4, 0.5) is 11.4 Å². The van der Waals surface area contributed by atoms with Gasteiger partial charge in [0, 0.05) is 32.6 Å². The van der Waals surface area contributed by atoms with Crippen LogP contribution < -0.4 is 10.2 Å². The van der Waals surface area contributed by atoms with E-state index in [-0.39, 0.29) is 11.5 Å². The molecule has 0 atom stereocenters. The predicted octanol–water partition coefficient (Wildman–Crippen LogP) is 3.45. The third-order valence-corrected chi connectivity index (χ3v) is 6.19. The SMILES string of the molecule is CCCCC(=O)Nc1cc(C(=O)O)ccc1N1CCC(CCN2CCOCC2)CC1. The second kappa shape index (κ2) is 11.3. The zero-order valence-corrected chi connectivity index (χ0v) is 18.1. The first-order chi connectivity index (χ1) is 14.6. The van der Waals surface area contributed by atoms with Crippen LogP contribution in [0.3, 0.4) is 0 Å². The number of rotatable bonds is 9. The van der Waals surface area contributed by atoms with E-state index < -0.39 is 5.97 Å². The van der Waals surface area contributed by atoms with E-state index in [1.165, 1.54) is 6.42 Å². The highest BCUT2D eigenvalue weighted by Gasteiger charge is 2.23. The summed E-state index contributed by atoms with van der Waals surface area (Å²) in [7, 11) is 0. The van der Waals surface area contributed by atoms with Crippen molar-refractivity contribution in [1.29, 1.82) is 0 Å². The van der Waals surface area contributed by atoms with Crippen LogP contribution in [0.1, 0.15) is 55.8 Å². The van der Waals surface area contributed by atoms with Gasteiger partial charge >= 0.3 is 5.97 Å². The zero-order chi connectivity index (χ0) is 21.3. The number of hydrogen-bond donors (Lipinski definition) is 2. The summed E-state index contributed by atoms with van der Waals surface area (Å²) in [5.74, 6) is -0.321. The summed E-state index contributed by atoms with van der Waals surface area (Å²) in [6.07, 6.45) is 5.69. The van der Waals surface area contributed by atoms with E-state index >= 15 is 0 Å². The number of carbonyl (C=O) groups is 2. The molecule has 0 aliphatic carbocycles. The Morgan fingerprint density at radius 1 is 1.17 bits per heavy atom. The van der Waals surface area contributed by atoms with Crippen LogP contribution >= 0.6 is 0 Å². The van der Waals surface area contributed by atoms with Gasteiger partial charge in [-0.05, 0) is 56.3 Å². The van der Waals surface area contributed by atoms with Crippen molar-refractivity contribution in [2.45, 2.75) is 45.4 Å². The number of unbranched alkanes of at least 4 members (excludes halogenated alkanes) is 1. The molecule has 1 aromatic carbocycles. The lowest BCUT2D eigenvalue weighted by Crippen LogP contribution is -2.39. The number of amides is 1. The van der Waals surface area contributed by atoms with Crippen LogP contribution in [-0.4, -0.2) is 67.8 Å². The number of morpholine rings is 1.